The molecule has 1 amide bonds. The number of hydrogen-bond donors (Lipinski definition) is 1. The number of methoxy groups -OCH3 is 3. The van der Waals surface area contributed by atoms with E-state index in [4.69, 9.17) is 25.8 Å². The minimum atomic E-state index is -1.04. The van der Waals surface area contributed by atoms with Crippen LogP contribution in [0.4, 0.5) is 5.13 Å². The number of carbonyl (C=O) groups excluding carboxylic acids is 2. The predicted molar refractivity (Wildman–Crippen MR) is 147 cm³/mol. The van der Waals surface area contributed by atoms with Gasteiger partial charge in [-0.1, -0.05) is 22.9 Å². The summed E-state index contributed by atoms with van der Waals surface area (Å²) in [6.07, 6.45) is 0. The summed E-state index contributed by atoms with van der Waals surface area (Å²) in [4.78, 5) is 38.1. The van der Waals surface area contributed by atoms with Crippen LogP contribution in [0.3, 0.4) is 0 Å². The number of aliphatic hydroxyl groups excluding tert-OH is 1. The van der Waals surface area contributed by atoms with Gasteiger partial charge < -0.3 is 19.3 Å². The Kier molecular flexibility index (Phi) is 6.76. The van der Waals surface area contributed by atoms with E-state index in [0.29, 0.717) is 48.9 Å². The van der Waals surface area contributed by atoms with Crippen molar-refractivity contribution in [3.8, 4) is 17.2 Å². The Labute approximate surface area is 230 Å². The summed E-state index contributed by atoms with van der Waals surface area (Å²) in [5, 5.41) is 12.6. The molecule has 0 aliphatic carbocycles. The van der Waals surface area contributed by atoms with Gasteiger partial charge in [-0.3, -0.25) is 14.5 Å². The Bertz CT molecular complexity index is 1620. The Morgan fingerprint density at radius 2 is 1.71 bits per heavy atom. The second-order valence-corrected chi connectivity index (χ2v) is 11.0. The number of hydrogen-bond acceptors (Lipinski definition) is 10. The average Bonchev–Trinajstić information content (AvgIpc) is 3.55. The van der Waals surface area contributed by atoms with Crippen molar-refractivity contribution in [3.63, 3.8) is 0 Å². The molecular formula is C26H22ClN3O6S2. The second-order valence-electron chi connectivity index (χ2n) is 8.38. The third-order valence-electron chi connectivity index (χ3n) is 6.11. The standard InChI is InChI=1S/C26H22ClN3O6S2/c1-11-24(37-12(2)28-11)21(31)19-20(13-8-16(34-3)23(36-5)17(9-13)35-4)30(25(33)22(19)32)26-29-15-7-6-14(27)10-18(15)38-26/h6-10,20,32H,1-5H3. The molecule has 4 aromatic rings. The number of Topliss-reactive ketones (excluding diaryl/α,β-unsaturated/α-hetero) is 1. The summed E-state index contributed by atoms with van der Waals surface area (Å²) in [6, 6.07) is 7.45. The second kappa shape index (κ2) is 9.90. The quantitative estimate of drug-likeness (QED) is 0.276. The number of benzene rings is 2. The highest BCUT2D eigenvalue weighted by molar-refractivity contribution is 7.22. The number of fused-ring (bicyclic) bond motifs is 1. The number of rotatable bonds is 7. The number of carbonyl (C=O) groups is 2. The highest BCUT2D eigenvalue weighted by Gasteiger charge is 2.47. The van der Waals surface area contributed by atoms with Gasteiger partial charge in [0, 0.05) is 5.02 Å². The van der Waals surface area contributed by atoms with Crippen molar-refractivity contribution in [1.29, 1.82) is 0 Å². The van der Waals surface area contributed by atoms with E-state index in [1.54, 1.807) is 44.2 Å². The molecule has 1 aliphatic rings. The van der Waals surface area contributed by atoms with Gasteiger partial charge in [0.05, 0.1) is 58.7 Å². The highest BCUT2D eigenvalue weighted by atomic mass is 35.5. The molecule has 196 valence electrons. The molecule has 5 rings (SSSR count). The Morgan fingerprint density at radius 3 is 2.29 bits per heavy atom. The molecule has 0 radical (unpaired) electrons. The fourth-order valence-corrected chi connectivity index (χ4v) is 6.61. The van der Waals surface area contributed by atoms with Crippen LogP contribution < -0.4 is 19.1 Å². The van der Waals surface area contributed by atoms with Crippen LogP contribution in [0.2, 0.25) is 5.02 Å². The van der Waals surface area contributed by atoms with Gasteiger partial charge in [0.15, 0.2) is 22.4 Å². The molecule has 9 nitrogen and oxygen atoms in total. The van der Waals surface area contributed by atoms with Crippen LogP contribution in [0.15, 0.2) is 41.7 Å². The number of aliphatic hydroxyl groups is 1. The summed E-state index contributed by atoms with van der Waals surface area (Å²) in [5.41, 5.74) is 1.51. The number of anilines is 1. The number of aromatic nitrogens is 2. The average molecular weight is 572 g/mol. The lowest BCUT2D eigenvalue weighted by atomic mass is 9.94. The zero-order valence-electron chi connectivity index (χ0n) is 21.0. The Balaban J connectivity index is 1.75. The fraction of sp³-hybridized carbons (Fsp3) is 0.231. The lowest BCUT2D eigenvalue weighted by Gasteiger charge is -2.25. The van der Waals surface area contributed by atoms with E-state index in [1.807, 2.05) is 0 Å². The van der Waals surface area contributed by atoms with Gasteiger partial charge in [0.25, 0.3) is 5.91 Å². The minimum Gasteiger partial charge on any atom is -0.503 e. The molecule has 1 N–H and O–H groups in total. The number of aryl methyl sites for hydroxylation is 2. The minimum absolute atomic E-state index is 0.0895. The normalized spacial score (nSPS) is 15.5. The first-order valence-electron chi connectivity index (χ1n) is 11.3. The SMILES string of the molecule is COc1cc(C2C(C(=O)c3sc(C)nc3C)=C(O)C(=O)N2c2nc3ccc(Cl)cc3s2)cc(OC)c1OC. The molecule has 0 bridgehead atoms. The molecule has 12 heteroatoms. The number of ketones is 1. The third-order valence-corrected chi connectivity index (χ3v) is 8.43. The van der Waals surface area contributed by atoms with Crippen molar-refractivity contribution < 1.29 is 28.9 Å². The fourth-order valence-electron chi connectivity index (χ4n) is 4.46. The summed E-state index contributed by atoms with van der Waals surface area (Å²) in [6.45, 7) is 3.51. The Hall–Kier alpha value is -3.67. The van der Waals surface area contributed by atoms with E-state index in [0.717, 1.165) is 4.70 Å². The van der Waals surface area contributed by atoms with Crippen LogP contribution in [0.25, 0.3) is 10.2 Å². The molecule has 3 heterocycles. The number of amides is 1. The van der Waals surface area contributed by atoms with Gasteiger partial charge >= 0.3 is 0 Å². The van der Waals surface area contributed by atoms with E-state index >= 15 is 0 Å². The summed E-state index contributed by atoms with van der Waals surface area (Å²) < 4.78 is 17.3. The van der Waals surface area contributed by atoms with Crippen molar-refractivity contribution in [2.45, 2.75) is 19.9 Å². The number of ether oxygens (including phenoxy) is 3. The first kappa shape index (κ1) is 26.0. The topological polar surface area (TPSA) is 111 Å². The van der Waals surface area contributed by atoms with Gasteiger partial charge in [-0.05, 0) is 49.7 Å². The molecule has 0 saturated carbocycles. The van der Waals surface area contributed by atoms with E-state index in [2.05, 4.69) is 9.97 Å². The molecule has 2 aromatic heterocycles. The maximum Gasteiger partial charge on any atom is 0.296 e. The smallest absolute Gasteiger partial charge is 0.296 e. The predicted octanol–water partition coefficient (Wildman–Crippen LogP) is 5.83. The molecule has 0 spiro atoms. The van der Waals surface area contributed by atoms with Gasteiger partial charge in [0.2, 0.25) is 11.5 Å². The molecule has 1 atom stereocenters. The van der Waals surface area contributed by atoms with E-state index < -0.39 is 23.5 Å². The molecule has 1 unspecified atom stereocenters. The highest BCUT2D eigenvalue weighted by Crippen LogP contribution is 2.48. The van der Waals surface area contributed by atoms with Crippen LogP contribution >= 0.6 is 34.3 Å². The van der Waals surface area contributed by atoms with Crippen molar-refractivity contribution in [3.05, 3.63) is 67.8 Å². The Morgan fingerprint density at radius 1 is 1.03 bits per heavy atom. The maximum atomic E-state index is 13.9. The van der Waals surface area contributed by atoms with Gasteiger partial charge in [-0.25, -0.2) is 9.97 Å². The van der Waals surface area contributed by atoms with Gasteiger partial charge in [0.1, 0.15) is 0 Å². The summed E-state index contributed by atoms with van der Waals surface area (Å²) >= 11 is 8.59. The monoisotopic (exact) mass is 571 g/mol. The third kappa shape index (κ3) is 4.16. The molecule has 2 aromatic carbocycles. The van der Waals surface area contributed by atoms with E-state index in [9.17, 15) is 14.7 Å². The lowest BCUT2D eigenvalue weighted by Crippen LogP contribution is -2.31. The van der Waals surface area contributed by atoms with Crippen LogP contribution in [0.5, 0.6) is 17.2 Å². The molecule has 38 heavy (non-hydrogen) atoms. The van der Waals surface area contributed by atoms with Crippen LogP contribution in [0.1, 0.15) is 32.0 Å². The number of thiazole rings is 2. The van der Waals surface area contributed by atoms with E-state index in [1.165, 1.54) is 48.9 Å². The zero-order valence-corrected chi connectivity index (χ0v) is 23.4. The van der Waals surface area contributed by atoms with Crippen molar-refractivity contribution in [2.75, 3.05) is 26.2 Å². The molecule has 1 aliphatic heterocycles. The van der Waals surface area contributed by atoms with Crippen LogP contribution in [0, 0.1) is 13.8 Å². The first-order valence-corrected chi connectivity index (χ1v) is 13.3. The summed E-state index contributed by atoms with van der Waals surface area (Å²) in [7, 11) is 4.42. The van der Waals surface area contributed by atoms with Crippen molar-refractivity contribution in [1.82, 2.24) is 9.97 Å². The van der Waals surface area contributed by atoms with Gasteiger partial charge in [-0.15, -0.1) is 11.3 Å². The molecular weight excluding hydrogens is 550 g/mol. The number of nitrogens with zero attached hydrogens (tertiary/aromatic N) is 3. The van der Waals surface area contributed by atoms with E-state index in [-0.39, 0.29) is 10.7 Å². The van der Waals surface area contributed by atoms with Crippen molar-refractivity contribution >= 4 is 61.3 Å². The maximum absolute atomic E-state index is 13.9. The lowest BCUT2D eigenvalue weighted by molar-refractivity contribution is -0.117. The molecule has 0 saturated heterocycles. The van der Waals surface area contributed by atoms with Crippen LogP contribution in [-0.2, 0) is 4.79 Å². The first-order chi connectivity index (χ1) is 18.2. The largest absolute Gasteiger partial charge is 0.503 e. The zero-order chi connectivity index (χ0) is 27.3. The molecule has 0 fully saturated rings. The van der Waals surface area contributed by atoms with Crippen LogP contribution in [-0.4, -0.2) is 48.1 Å². The number of halogens is 1. The van der Waals surface area contributed by atoms with Crippen molar-refractivity contribution in [2.24, 2.45) is 0 Å². The summed E-state index contributed by atoms with van der Waals surface area (Å²) in [5.74, 6) is -0.905. The van der Waals surface area contributed by atoms with Gasteiger partial charge in [-0.2, -0.15) is 0 Å².